The summed E-state index contributed by atoms with van der Waals surface area (Å²) in [6, 6.07) is 8.17. The molecule has 2 N–H and O–H groups in total. The number of halogens is 2. The van der Waals surface area contributed by atoms with Gasteiger partial charge in [-0.3, -0.25) is 0 Å². The van der Waals surface area contributed by atoms with Gasteiger partial charge >= 0.3 is 0 Å². The van der Waals surface area contributed by atoms with Crippen molar-refractivity contribution in [2.45, 2.75) is 19.1 Å². The zero-order valence-electron chi connectivity index (χ0n) is 10.2. The Labute approximate surface area is 114 Å². The van der Waals surface area contributed by atoms with Gasteiger partial charge in [0.15, 0.2) is 0 Å². The second-order valence-electron chi connectivity index (χ2n) is 4.25. The summed E-state index contributed by atoms with van der Waals surface area (Å²) in [5, 5.41) is 16.7. The topological polar surface area (TPSA) is 32.3 Å². The fourth-order valence-corrected chi connectivity index (χ4v) is 2.48. The summed E-state index contributed by atoms with van der Waals surface area (Å²) in [4.78, 5) is 0. The first-order valence-corrected chi connectivity index (χ1v) is 6.89. The molecule has 102 valence electrons. The maximum atomic E-state index is 12.5. The van der Waals surface area contributed by atoms with E-state index in [-0.39, 0.29) is 5.56 Å². The number of hydrogen-bond acceptors (Lipinski definition) is 3. The van der Waals surface area contributed by atoms with Gasteiger partial charge < -0.3 is 10.4 Å². The normalized spacial score (nSPS) is 12.8. The Balaban J connectivity index is 1.84. The van der Waals surface area contributed by atoms with Gasteiger partial charge in [-0.25, -0.2) is 8.78 Å². The molecule has 1 unspecified atom stereocenters. The van der Waals surface area contributed by atoms with Gasteiger partial charge in [-0.05, 0) is 34.0 Å². The maximum Gasteiger partial charge on any atom is 0.263 e. The van der Waals surface area contributed by atoms with Gasteiger partial charge in [0.1, 0.15) is 0 Å². The van der Waals surface area contributed by atoms with Crippen molar-refractivity contribution in [2.75, 3.05) is 6.54 Å². The van der Waals surface area contributed by atoms with Crippen LogP contribution in [0.25, 0.3) is 0 Å². The van der Waals surface area contributed by atoms with Crippen LogP contribution < -0.4 is 5.32 Å². The minimum atomic E-state index is -2.45. The van der Waals surface area contributed by atoms with Crippen molar-refractivity contribution < 1.29 is 13.9 Å². The van der Waals surface area contributed by atoms with Crippen LogP contribution in [0, 0.1) is 0 Å². The molecule has 5 heteroatoms. The van der Waals surface area contributed by atoms with Crippen molar-refractivity contribution in [2.24, 2.45) is 0 Å². The number of hydrogen-bond donors (Lipinski definition) is 2. The first kappa shape index (κ1) is 14.1. The molecule has 0 amide bonds. The van der Waals surface area contributed by atoms with E-state index in [0.29, 0.717) is 13.1 Å². The lowest BCUT2D eigenvalue weighted by Crippen LogP contribution is -2.20. The van der Waals surface area contributed by atoms with Crippen LogP contribution in [0.15, 0.2) is 41.1 Å². The highest BCUT2D eigenvalue weighted by Gasteiger charge is 2.09. The fraction of sp³-hybridized carbons (Fsp3) is 0.286. The highest BCUT2D eigenvalue weighted by atomic mass is 32.1. The standard InChI is InChI=1S/C14H15F2NOS/c15-14(16)11-3-1-2-10(6-11)7-17-8-13(18)12-4-5-19-9-12/h1-6,9,13-14,17-18H,7-8H2. The van der Waals surface area contributed by atoms with E-state index in [1.807, 2.05) is 16.8 Å². The van der Waals surface area contributed by atoms with E-state index in [1.54, 1.807) is 12.1 Å². The Morgan fingerprint density at radius 2 is 2.05 bits per heavy atom. The van der Waals surface area contributed by atoms with Gasteiger partial charge in [-0.15, -0.1) is 0 Å². The van der Waals surface area contributed by atoms with E-state index in [2.05, 4.69) is 5.32 Å². The summed E-state index contributed by atoms with van der Waals surface area (Å²) in [5.74, 6) is 0. The van der Waals surface area contributed by atoms with E-state index >= 15 is 0 Å². The van der Waals surface area contributed by atoms with Crippen LogP contribution in [0.5, 0.6) is 0 Å². The first-order valence-electron chi connectivity index (χ1n) is 5.94. The minimum Gasteiger partial charge on any atom is -0.387 e. The molecule has 0 bridgehead atoms. The quantitative estimate of drug-likeness (QED) is 0.850. The molecular weight excluding hydrogens is 268 g/mol. The number of thiophene rings is 1. The highest BCUT2D eigenvalue weighted by molar-refractivity contribution is 7.07. The average Bonchev–Trinajstić information content (AvgIpc) is 2.93. The lowest BCUT2D eigenvalue weighted by molar-refractivity contribution is 0.151. The maximum absolute atomic E-state index is 12.5. The van der Waals surface area contributed by atoms with E-state index < -0.39 is 12.5 Å². The third-order valence-corrected chi connectivity index (χ3v) is 3.50. The summed E-state index contributed by atoms with van der Waals surface area (Å²) in [6.07, 6.45) is -3.01. The molecule has 1 aromatic heterocycles. The van der Waals surface area contributed by atoms with Crippen LogP contribution in [-0.2, 0) is 6.54 Å². The number of aliphatic hydroxyl groups is 1. The van der Waals surface area contributed by atoms with Crippen molar-refractivity contribution >= 4 is 11.3 Å². The molecular formula is C14H15F2NOS. The Kier molecular flexibility index (Phi) is 5.01. The summed E-state index contributed by atoms with van der Waals surface area (Å²) in [5.41, 5.74) is 1.69. The number of alkyl halides is 2. The van der Waals surface area contributed by atoms with Crippen molar-refractivity contribution in [1.29, 1.82) is 0 Å². The smallest absolute Gasteiger partial charge is 0.263 e. The number of rotatable bonds is 6. The van der Waals surface area contributed by atoms with Crippen molar-refractivity contribution in [1.82, 2.24) is 5.32 Å². The van der Waals surface area contributed by atoms with E-state index in [9.17, 15) is 13.9 Å². The zero-order chi connectivity index (χ0) is 13.7. The van der Waals surface area contributed by atoms with Crippen molar-refractivity contribution in [3.8, 4) is 0 Å². The van der Waals surface area contributed by atoms with Gasteiger partial charge in [0.05, 0.1) is 6.10 Å². The molecule has 2 nitrogen and oxygen atoms in total. The number of aliphatic hydroxyl groups excluding tert-OH is 1. The van der Waals surface area contributed by atoms with Crippen LogP contribution >= 0.6 is 11.3 Å². The molecule has 0 saturated carbocycles. The molecule has 0 saturated heterocycles. The molecule has 1 aromatic carbocycles. The fourth-order valence-electron chi connectivity index (χ4n) is 1.77. The Hall–Kier alpha value is -1.30. The van der Waals surface area contributed by atoms with Gasteiger partial charge in [-0.1, -0.05) is 18.2 Å². The highest BCUT2D eigenvalue weighted by Crippen LogP contribution is 2.19. The van der Waals surface area contributed by atoms with Gasteiger partial charge in [0.2, 0.25) is 0 Å². The molecule has 0 spiro atoms. The van der Waals surface area contributed by atoms with Crippen LogP contribution in [0.4, 0.5) is 8.78 Å². The number of nitrogens with one attached hydrogen (secondary N) is 1. The predicted molar refractivity (Wildman–Crippen MR) is 72.4 cm³/mol. The van der Waals surface area contributed by atoms with Crippen LogP contribution in [0.1, 0.15) is 29.2 Å². The molecule has 0 aliphatic heterocycles. The molecule has 2 rings (SSSR count). The summed E-state index contributed by atoms with van der Waals surface area (Å²) >= 11 is 1.53. The summed E-state index contributed by atoms with van der Waals surface area (Å²) < 4.78 is 25.0. The second-order valence-corrected chi connectivity index (χ2v) is 5.03. The molecule has 0 aliphatic carbocycles. The number of benzene rings is 1. The average molecular weight is 283 g/mol. The second kappa shape index (κ2) is 6.75. The Bertz CT molecular complexity index is 502. The van der Waals surface area contributed by atoms with Gasteiger partial charge in [-0.2, -0.15) is 11.3 Å². The lowest BCUT2D eigenvalue weighted by atomic mass is 10.1. The molecule has 0 fully saturated rings. The predicted octanol–water partition coefficient (Wildman–Crippen LogP) is 3.51. The minimum absolute atomic E-state index is 0.0256. The lowest BCUT2D eigenvalue weighted by Gasteiger charge is -2.11. The van der Waals surface area contributed by atoms with Gasteiger partial charge in [0.25, 0.3) is 6.43 Å². The Morgan fingerprint density at radius 1 is 1.21 bits per heavy atom. The zero-order valence-corrected chi connectivity index (χ0v) is 11.0. The largest absolute Gasteiger partial charge is 0.387 e. The monoisotopic (exact) mass is 283 g/mol. The first-order chi connectivity index (χ1) is 9.16. The van der Waals surface area contributed by atoms with E-state index in [0.717, 1.165) is 11.1 Å². The van der Waals surface area contributed by atoms with E-state index in [1.165, 1.54) is 23.5 Å². The van der Waals surface area contributed by atoms with Crippen molar-refractivity contribution in [3.05, 3.63) is 57.8 Å². The molecule has 1 heterocycles. The molecule has 19 heavy (non-hydrogen) atoms. The SMILES string of the molecule is OC(CNCc1cccc(C(F)F)c1)c1ccsc1. The molecule has 0 aliphatic rings. The third-order valence-electron chi connectivity index (χ3n) is 2.80. The van der Waals surface area contributed by atoms with Gasteiger partial charge in [0, 0.05) is 18.7 Å². The summed E-state index contributed by atoms with van der Waals surface area (Å²) in [6.45, 7) is 0.859. The summed E-state index contributed by atoms with van der Waals surface area (Å²) in [7, 11) is 0. The molecule has 0 radical (unpaired) electrons. The van der Waals surface area contributed by atoms with Crippen LogP contribution in [-0.4, -0.2) is 11.7 Å². The van der Waals surface area contributed by atoms with Crippen molar-refractivity contribution in [3.63, 3.8) is 0 Å². The molecule has 1 atom stereocenters. The van der Waals surface area contributed by atoms with E-state index in [4.69, 9.17) is 0 Å². The van der Waals surface area contributed by atoms with Crippen LogP contribution in [0.3, 0.4) is 0 Å². The molecule has 2 aromatic rings. The van der Waals surface area contributed by atoms with Crippen LogP contribution in [0.2, 0.25) is 0 Å². The third kappa shape index (κ3) is 4.09. The Morgan fingerprint density at radius 3 is 2.74 bits per heavy atom.